The summed E-state index contributed by atoms with van der Waals surface area (Å²) in [6.07, 6.45) is 2.93. The number of anilines is 1. The number of carbonyl (C=O) groups excluding carboxylic acids is 1. The fourth-order valence-electron chi connectivity index (χ4n) is 3.04. The van der Waals surface area contributed by atoms with Gasteiger partial charge in [-0.25, -0.2) is 4.39 Å². The van der Waals surface area contributed by atoms with E-state index in [9.17, 15) is 9.18 Å². The number of nitrogens with one attached hydrogen (secondary N) is 2. The zero-order valence-electron chi connectivity index (χ0n) is 12.1. The summed E-state index contributed by atoms with van der Waals surface area (Å²) in [4.78, 5) is 12.1. The lowest BCUT2D eigenvalue weighted by Crippen LogP contribution is -2.26. The highest BCUT2D eigenvalue weighted by Crippen LogP contribution is 2.25. The molecule has 2 N–H and O–H groups in total. The van der Waals surface area contributed by atoms with Crippen LogP contribution in [0.4, 0.5) is 10.1 Å². The first kappa shape index (κ1) is 14.5. The van der Waals surface area contributed by atoms with E-state index in [4.69, 9.17) is 4.74 Å². The highest BCUT2D eigenvalue weighted by molar-refractivity contribution is 5.91. The van der Waals surface area contributed by atoms with Crippen LogP contribution in [-0.2, 0) is 22.5 Å². The van der Waals surface area contributed by atoms with Crippen LogP contribution < -0.4 is 10.6 Å². The molecule has 2 aliphatic heterocycles. The molecule has 4 nitrogen and oxygen atoms in total. The lowest BCUT2D eigenvalue weighted by atomic mass is 9.96. The minimum atomic E-state index is -0.269. The van der Waals surface area contributed by atoms with Gasteiger partial charge in [-0.05, 0) is 48.9 Å². The molecule has 3 rings (SSSR count). The number of rotatable bonds is 3. The van der Waals surface area contributed by atoms with Crippen molar-refractivity contribution >= 4 is 11.6 Å². The maximum absolute atomic E-state index is 14.4. The number of carbonyl (C=O) groups is 1. The molecule has 0 unspecified atom stereocenters. The van der Waals surface area contributed by atoms with Gasteiger partial charge in [0, 0.05) is 26.2 Å². The maximum Gasteiger partial charge on any atom is 0.224 e. The van der Waals surface area contributed by atoms with Gasteiger partial charge in [0.1, 0.15) is 5.82 Å². The maximum atomic E-state index is 14.4. The van der Waals surface area contributed by atoms with Gasteiger partial charge < -0.3 is 15.4 Å². The largest absolute Gasteiger partial charge is 0.381 e. The smallest absolute Gasteiger partial charge is 0.224 e. The van der Waals surface area contributed by atoms with Crippen molar-refractivity contribution in [3.05, 3.63) is 29.1 Å². The predicted octanol–water partition coefficient (Wildman–Crippen LogP) is 2.23. The Labute approximate surface area is 124 Å². The molecule has 2 heterocycles. The highest BCUT2D eigenvalue weighted by atomic mass is 19.1. The second kappa shape index (κ2) is 6.54. The van der Waals surface area contributed by atoms with E-state index in [0.29, 0.717) is 31.0 Å². The number of amides is 1. The zero-order chi connectivity index (χ0) is 14.7. The average molecular weight is 292 g/mol. The van der Waals surface area contributed by atoms with E-state index in [0.717, 1.165) is 43.7 Å². The fraction of sp³-hybridized carbons (Fsp3) is 0.562. The monoisotopic (exact) mass is 292 g/mol. The van der Waals surface area contributed by atoms with Crippen molar-refractivity contribution in [2.75, 3.05) is 25.1 Å². The number of hydrogen-bond donors (Lipinski definition) is 2. The summed E-state index contributed by atoms with van der Waals surface area (Å²) in [5.74, 6) is -0.0207. The van der Waals surface area contributed by atoms with E-state index in [-0.39, 0.29) is 11.7 Å². The summed E-state index contributed by atoms with van der Waals surface area (Å²) in [6, 6.07) is 3.57. The van der Waals surface area contributed by atoms with E-state index in [2.05, 4.69) is 10.6 Å². The third-order valence-electron chi connectivity index (χ3n) is 4.30. The third-order valence-corrected chi connectivity index (χ3v) is 4.30. The number of ether oxygens (including phenoxy) is 1. The first-order valence-electron chi connectivity index (χ1n) is 7.62. The standard InChI is InChI=1S/C16H21FN2O2/c17-16-13-3-6-18-10-12(13)1-2-14(16)19-15(20)9-11-4-7-21-8-5-11/h1-2,11,18H,3-10H2,(H,19,20). The second-order valence-electron chi connectivity index (χ2n) is 5.80. The van der Waals surface area contributed by atoms with Crippen molar-refractivity contribution in [1.29, 1.82) is 0 Å². The van der Waals surface area contributed by atoms with Crippen molar-refractivity contribution in [2.24, 2.45) is 5.92 Å². The fourth-order valence-corrected chi connectivity index (χ4v) is 3.04. The molecule has 1 aromatic carbocycles. The van der Waals surface area contributed by atoms with Gasteiger partial charge in [0.05, 0.1) is 5.69 Å². The van der Waals surface area contributed by atoms with Gasteiger partial charge in [0.15, 0.2) is 0 Å². The van der Waals surface area contributed by atoms with Crippen molar-refractivity contribution in [1.82, 2.24) is 5.32 Å². The Kier molecular flexibility index (Phi) is 4.51. The molecule has 1 fully saturated rings. The topological polar surface area (TPSA) is 50.4 Å². The predicted molar refractivity (Wildman–Crippen MR) is 78.6 cm³/mol. The van der Waals surface area contributed by atoms with Crippen molar-refractivity contribution < 1.29 is 13.9 Å². The number of benzene rings is 1. The number of halogens is 1. The Balaban J connectivity index is 1.65. The summed E-state index contributed by atoms with van der Waals surface area (Å²) < 4.78 is 19.7. The summed E-state index contributed by atoms with van der Waals surface area (Å²) in [5, 5.41) is 5.95. The molecular formula is C16H21FN2O2. The quantitative estimate of drug-likeness (QED) is 0.898. The molecule has 0 bridgehead atoms. The molecule has 5 heteroatoms. The van der Waals surface area contributed by atoms with Crippen LogP contribution in [0.5, 0.6) is 0 Å². The lowest BCUT2D eigenvalue weighted by Gasteiger charge is -2.22. The molecule has 0 saturated carbocycles. The summed E-state index contributed by atoms with van der Waals surface area (Å²) >= 11 is 0. The zero-order valence-corrected chi connectivity index (χ0v) is 12.1. The van der Waals surface area contributed by atoms with Gasteiger partial charge in [-0.1, -0.05) is 6.07 Å². The summed E-state index contributed by atoms with van der Waals surface area (Å²) in [7, 11) is 0. The van der Waals surface area contributed by atoms with E-state index >= 15 is 0 Å². The van der Waals surface area contributed by atoms with Crippen LogP contribution in [0.25, 0.3) is 0 Å². The Bertz CT molecular complexity index is 527. The second-order valence-corrected chi connectivity index (χ2v) is 5.80. The summed E-state index contributed by atoms with van der Waals surface area (Å²) in [5.41, 5.74) is 2.03. The molecule has 0 spiro atoms. The molecule has 2 aliphatic rings. The van der Waals surface area contributed by atoms with Crippen LogP contribution in [0.3, 0.4) is 0 Å². The Morgan fingerprint density at radius 2 is 2.19 bits per heavy atom. The van der Waals surface area contributed by atoms with Gasteiger partial charge in [0.25, 0.3) is 0 Å². The van der Waals surface area contributed by atoms with Crippen LogP contribution in [0.1, 0.15) is 30.4 Å². The lowest BCUT2D eigenvalue weighted by molar-refractivity contribution is -0.117. The van der Waals surface area contributed by atoms with Crippen LogP contribution >= 0.6 is 0 Å². The molecule has 0 radical (unpaired) electrons. The molecule has 0 aliphatic carbocycles. The SMILES string of the molecule is O=C(CC1CCOCC1)Nc1ccc2c(c1F)CCNC2. The van der Waals surface area contributed by atoms with Gasteiger partial charge in [-0.15, -0.1) is 0 Å². The van der Waals surface area contributed by atoms with Crippen molar-refractivity contribution in [2.45, 2.75) is 32.2 Å². The molecular weight excluding hydrogens is 271 g/mol. The highest BCUT2D eigenvalue weighted by Gasteiger charge is 2.20. The van der Waals surface area contributed by atoms with Crippen LogP contribution in [0.2, 0.25) is 0 Å². The molecule has 1 aromatic rings. The average Bonchev–Trinajstić information content (AvgIpc) is 2.51. The minimum Gasteiger partial charge on any atom is -0.381 e. The first-order valence-corrected chi connectivity index (χ1v) is 7.62. The van der Waals surface area contributed by atoms with Crippen molar-refractivity contribution in [3.8, 4) is 0 Å². The Morgan fingerprint density at radius 1 is 1.38 bits per heavy atom. The molecule has 0 atom stereocenters. The van der Waals surface area contributed by atoms with Gasteiger partial charge >= 0.3 is 0 Å². The third kappa shape index (κ3) is 3.41. The molecule has 21 heavy (non-hydrogen) atoms. The Morgan fingerprint density at radius 3 is 3.00 bits per heavy atom. The molecule has 0 aromatic heterocycles. The van der Waals surface area contributed by atoms with Crippen molar-refractivity contribution in [3.63, 3.8) is 0 Å². The van der Waals surface area contributed by atoms with Crippen LogP contribution in [0, 0.1) is 11.7 Å². The normalized spacial score (nSPS) is 19.1. The molecule has 114 valence electrons. The van der Waals surface area contributed by atoms with E-state index in [1.807, 2.05) is 6.07 Å². The van der Waals surface area contributed by atoms with Crippen LogP contribution in [0.15, 0.2) is 12.1 Å². The molecule has 1 amide bonds. The number of hydrogen-bond acceptors (Lipinski definition) is 3. The van der Waals surface area contributed by atoms with Gasteiger partial charge in [-0.2, -0.15) is 0 Å². The van der Waals surface area contributed by atoms with E-state index < -0.39 is 0 Å². The number of fused-ring (bicyclic) bond motifs is 1. The Hall–Kier alpha value is -1.46. The van der Waals surface area contributed by atoms with Gasteiger partial charge in [0.2, 0.25) is 5.91 Å². The first-order chi connectivity index (χ1) is 10.2. The van der Waals surface area contributed by atoms with Gasteiger partial charge in [-0.3, -0.25) is 4.79 Å². The van der Waals surface area contributed by atoms with E-state index in [1.165, 1.54) is 0 Å². The minimum absolute atomic E-state index is 0.102. The summed E-state index contributed by atoms with van der Waals surface area (Å²) in [6.45, 7) is 2.92. The molecule has 1 saturated heterocycles. The van der Waals surface area contributed by atoms with E-state index in [1.54, 1.807) is 6.07 Å². The van der Waals surface area contributed by atoms with Crippen LogP contribution in [-0.4, -0.2) is 25.7 Å².